The summed E-state index contributed by atoms with van der Waals surface area (Å²) in [6.45, 7) is 2.02. The highest BCUT2D eigenvalue weighted by molar-refractivity contribution is 14.1. The molecule has 1 aromatic rings. The Morgan fingerprint density at radius 1 is 1.50 bits per heavy atom. The highest BCUT2D eigenvalue weighted by Gasteiger charge is 2.24. The van der Waals surface area contributed by atoms with Crippen LogP contribution in [0, 0.1) is 10.5 Å². The first-order chi connectivity index (χ1) is 6.68. The van der Waals surface area contributed by atoms with Crippen molar-refractivity contribution in [2.75, 3.05) is 0 Å². The van der Waals surface area contributed by atoms with Crippen LogP contribution in [-0.4, -0.2) is 11.9 Å². The summed E-state index contributed by atoms with van der Waals surface area (Å²) >= 11 is 2.23. The van der Waals surface area contributed by atoms with Gasteiger partial charge in [-0.15, -0.1) is 0 Å². The summed E-state index contributed by atoms with van der Waals surface area (Å²) < 4.78 is 1.06. The van der Waals surface area contributed by atoms with Crippen molar-refractivity contribution in [2.45, 2.75) is 25.8 Å². The van der Waals surface area contributed by atoms with Crippen LogP contribution in [0.15, 0.2) is 18.2 Å². The Balaban J connectivity index is 2.21. The standard InChI is InChI=1S/C11H12INO/c1-7-3-2-4-9(10(7)12)11(14)13-8-5-6-8/h2-4,8H,5-6H2,1H3,(H,13,14). The third-order valence-electron chi connectivity index (χ3n) is 2.35. The second kappa shape index (κ2) is 3.88. The molecule has 1 saturated carbocycles. The van der Waals surface area contributed by atoms with Crippen LogP contribution in [0.5, 0.6) is 0 Å². The molecule has 0 heterocycles. The van der Waals surface area contributed by atoms with Crippen LogP contribution >= 0.6 is 22.6 Å². The van der Waals surface area contributed by atoms with Crippen molar-refractivity contribution in [3.05, 3.63) is 32.9 Å². The minimum absolute atomic E-state index is 0.0700. The predicted octanol–water partition coefficient (Wildman–Crippen LogP) is 2.49. The Labute approximate surface area is 97.2 Å². The number of benzene rings is 1. The zero-order chi connectivity index (χ0) is 10.1. The lowest BCUT2D eigenvalue weighted by Gasteiger charge is -2.07. The number of halogens is 1. The zero-order valence-electron chi connectivity index (χ0n) is 8.01. The van der Waals surface area contributed by atoms with E-state index in [2.05, 4.69) is 27.9 Å². The summed E-state index contributed by atoms with van der Waals surface area (Å²) in [6.07, 6.45) is 2.27. The highest BCUT2D eigenvalue weighted by atomic mass is 127. The first kappa shape index (κ1) is 9.96. The van der Waals surface area contributed by atoms with Crippen LogP contribution in [0.3, 0.4) is 0 Å². The Hall–Kier alpha value is -0.580. The van der Waals surface area contributed by atoms with E-state index >= 15 is 0 Å². The Kier molecular flexibility index (Phi) is 2.76. The average molecular weight is 301 g/mol. The first-order valence-corrected chi connectivity index (χ1v) is 5.82. The third kappa shape index (κ3) is 2.08. The van der Waals surface area contributed by atoms with Crippen LogP contribution in [0.25, 0.3) is 0 Å². The molecule has 1 fully saturated rings. The van der Waals surface area contributed by atoms with E-state index in [1.54, 1.807) is 0 Å². The van der Waals surface area contributed by atoms with Crippen LogP contribution in [-0.2, 0) is 0 Å². The van der Waals surface area contributed by atoms with E-state index in [0.717, 1.165) is 27.5 Å². The molecule has 0 atom stereocenters. The molecule has 74 valence electrons. The summed E-state index contributed by atoms with van der Waals surface area (Å²) in [5.41, 5.74) is 1.96. The van der Waals surface area contributed by atoms with E-state index in [1.165, 1.54) is 0 Å². The van der Waals surface area contributed by atoms with Crippen molar-refractivity contribution in [1.82, 2.24) is 5.32 Å². The number of carbonyl (C=O) groups is 1. The fraction of sp³-hybridized carbons (Fsp3) is 0.364. The second-order valence-corrected chi connectivity index (χ2v) is 4.76. The smallest absolute Gasteiger partial charge is 0.252 e. The molecule has 3 heteroatoms. The van der Waals surface area contributed by atoms with Gasteiger partial charge in [-0.05, 0) is 54.0 Å². The molecule has 2 rings (SSSR count). The van der Waals surface area contributed by atoms with Gasteiger partial charge in [0.15, 0.2) is 0 Å². The summed E-state index contributed by atoms with van der Waals surface area (Å²) in [4.78, 5) is 11.8. The predicted molar refractivity (Wildman–Crippen MR) is 64.4 cm³/mol. The number of nitrogens with one attached hydrogen (secondary N) is 1. The van der Waals surface area contributed by atoms with Crippen LogP contribution in [0.2, 0.25) is 0 Å². The van der Waals surface area contributed by atoms with Gasteiger partial charge >= 0.3 is 0 Å². The van der Waals surface area contributed by atoms with Gasteiger partial charge in [-0.2, -0.15) is 0 Å². The highest BCUT2D eigenvalue weighted by Crippen LogP contribution is 2.21. The molecule has 1 N–H and O–H groups in total. The second-order valence-electron chi connectivity index (χ2n) is 3.68. The van der Waals surface area contributed by atoms with E-state index in [0.29, 0.717) is 6.04 Å². The number of amides is 1. The third-order valence-corrected chi connectivity index (χ3v) is 3.78. The van der Waals surface area contributed by atoms with Gasteiger partial charge < -0.3 is 5.32 Å². The normalized spacial score (nSPS) is 15.3. The number of rotatable bonds is 2. The van der Waals surface area contributed by atoms with E-state index in [9.17, 15) is 4.79 Å². The Bertz CT molecular complexity index is 372. The summed E-state index contributed by atoms with van der Waals surface area (Å²) in [6, 6.07) is 6.26. The lowest BCUT2D eigenvalue weighted by atomic mass is 10.1. The number of hydrogen-bond donors (Lipinski definition) is 1. The number of hydrogen-bond acceptors (Lipinski definition) is 1. The molecule has 0 unspecified atom stereocenters. The molecular weight excluding hydrogens is 289 g/mol. The fourth-order valence-corrected chi connectivity index (χ4v) is 1.92. The first-order valence-electron chi connectivity index (χ1n) is 4.74. The maximum absolute atomic E-state index is 11.8. The van der Waals surface area contributed by atoms with Crippen LogP contribution in [0.4, 0.5) is 0 Å². The topological polar surface area (TPSA) is 29.1 Å². The molecule has 0 bridgehead atoms. The largest absolute Gasteiger partial charge is 0.349 e. The molecule has 0 aliphatic heterocycles. The van der Waals surface area contributed by atoms with Gasteiger partial charge in [-0.25, -0.2) is 0 Å². The molecule has 0 aromatic heterocycles. The monoisotopic (exact) mass is 301 g/mol. The number of carbonyl (C=O) groups excluding carboxylic acids is 1. The lowest BCUT2D eigenvalue weighted by Crippen LogP contribution is -2.26. The van der Waals surface area contributed by atoms with Gasteiger partial charge in [0, 0.05) is 9.61 Å². The molecule has 1 amide bonds. The van der Waals surface area contributed by atoms with Crippen LogP contribution in [0.1, 0.15) is 28.8 Å². The summed E-state index contributed by atoms with van der Waals surface area (Å²) in [7, 11) is 0. The Morgan fingerprint density at radius 2 is 2.21 bits per heavy atom. The van der Waals surface area contributed by atoms with E-state index in [1.807, 2.05) is 25.1 Å². The summed E-state index contributed by atoms with van der Waals surface area (Å²) in [5, 5.41) is 2.99. The molecule has 1 aromatic carbocycles. The maximum atomic E-state index is 11.8. The van der Waals surface area contributed by atoms with E-state index in [4.69, 9.17) is 0 Å². The van der Waals surface area contributed by atoms with Crippen LogP contribution < -0.4 is 5.32 Å². The molecular formula is C11H12INO. The van der Waals surface area contributed by atoms with Crippen molar-refractivity contribution in [3.63, 3.8) is 0 Å². The van der Waals surface area contributed by atoms with Crippen molar-refractivity contribution in [2.24, 2.45) is 0 Å². The molecule has 14 heavy (non-hydrogen) atoms. The average Bonchev–Trinajstić information content (AvgIpc) is 2.93. The molecule has 1 aliphatic carbocycles. The molecule has 2 nitrogen and oxygen atoms in total. The van der Waals surface area contributed by atoms with Gasteiger partial charge in [0.05, 0.1) is 5.56 Å². The lowest BCUT2D eigenvalue weighted by molar-refractivity contribution is 0.0950. The van der Waals surface area contributed by atoms with Crippen molar-refractivity contribution in [3.8, 4) is 0 Å². The van der Waals surface area contributed by atoms with Crippen molar-refractivity contribution >= 4 is 28.5 Å². The van der Waals surface area contributed by atoms with Gasteiger partial charge in [0.25, 0.3) is 5.91 Å². The van der Waals surface area contributed by atoms with Gasteiger partial charge in [-0.3, -0.25) is 4.79 Å². The SMILES string of the molecule is Cc1cccc(C(=O)NC2CC2)c1I. The van der Waals surface area contributed by atoms with Crippen molar-refractivity contribution in [1.29, 1.82) is 0 Å². The number of aryl methyl sites for hydroxylation is 1. The molecule has 1 aliphatic rings. The van der Waals surface area contributed by atoms with Gasteiger partial charge in [0.2, 0.25) is 0 Å². The summed E-state index contributed by atoms with van der Waals surface area (Å²) in [5.74, 6) is 0.0700. The van der Waals surface area contributed by atoms with Crippen molar-refractivity contribution < 1.29 is 4.79 Å². The molecule has 0 saturated heterocycles. The zero-order valence-corrected chi connectivity index (χ0v) is 10.2. The van der Waals surface area contributed by atoms with E-state index < -0.39 is 0 Å². The quantitative estimate of drug-likeness (QED) is 0.836. The molecule has 0 spiro atoms. The fourth-order valence-electron chi connectivity index (χ4n) is 1.31. The molecule has 0 radical (unpaired) electrons. The maximum Gasteiger partial charge on any atom is 0.252 e. The minimum Gasteiger partial charge on any atom is -0.349 e. The van der Waals surface area contributed by atoms with Gasteiger partial charge in [0.1, 0.15) is 0 Å². The Morgan fingerprint density at radius 3 is 2.86 bits per heavy atom. The minimum atomic E-state index is 0.0700. The van der Waals surface area contributed by atoms with Gasteiger partial charge in [-0.1, -0.05) is 12.1 Å². The van der Waals surface area contributed by atoms with E-state index in [-0.39, 0.29) is 5.91 Å².